The molecule has 2 aromatic rings. The molecule has 0 saturated heterocycles. The molecule has 4 nitrogen and oxygen atoms in total. The first-order valence-corrected chi connectivity index (χ1v) is 7.44. The number of amides is 1. The molecule has 116 valence electrons. The number of hydrogen-bond donors (Lipinski definition) is 2. The summed E-state index contributed by atoms with van der Waals surface area (Å²) in [6.07, 6.45) is 0.332. The quantitative estimate of drug-likeness (QED) is 0.772. The molecule has 0 saturated carbocycles. The third kappa shape index (κ3) is 4.90. The van der Waals surface area contributed by atoms with Gasteiger partial charge >= 0.3 is 0 Å². The molecule has 0 aliphatic rings. The lowest BCUT2D eigenvalue weighted by molar-refractivity contribution is -0.120. The topological polar surface area (TPSA) is 64.3 Å². The lowest BCUT2D eigenvalue weighted by Gasteiger charge is -2.11. The van der Waals surface area contributed by atoms with Crippen molar-refractivity contribution in [3.63, 3.8) is 0 Å². The van der Waals surface area contributed by atoms with E-state index in [4.69, 9.17) is 10.5 Å². The number of nitrogens with two attached hydrogens (primary N) is 1. The van der Waals surface area contributed by atoms with E-state index in [0.717, 1.165) is 16.7 Å². The average molecular weight is 298 g/mol. The molecule has 0 heterocycles. The first-order chi connectivity index (χ1) is 10.7. The maximum Gasteiger partial charge on any atom is 0.224 e. The molecule has 1 amide bonds. The van der Waals surface area contributed by atoms with Gasteiger partial charge in [0.1, 0.15) is 0 Å². The van der Waals surface area contributed by atoms with Crippen LogP contribution in [0.3, 0.4) is 0 Å². The number of benzene rings is 2. The molecule has 0 atom stereocenters. The summed E-state index contributed by atoms with van der Waals surface area (Å²) >= 11 is 0. The monoisotopic (exact) mass is 298 g/mol. The van der Waals surface area contributed by atoms with Crippen molar-refractivity contribution in [3.05, 3.63) is 65.2 Å². The van der Waals surface area contributed by atoms with Crippen molar-refractivity contribution in [2.75, 3.05) is 12.3 Å². The standard InChI is InChI=1S/C18H22N2O2/c1-2-22-13-16-8-4-3-7-15(16)12-20-18(21)11-14-6-5-9-17(19)10-14/h3-10H,2,11-13,19H2,1H3,(H,20,21). The highest BCUT2D eigenvalue weighted by molar-refractivity contribution is 5.78. The van der Waals surface area contributed by atoms with Crippen LogP contribution in [-0.2, 0) is 29.1 Å². The number of ether oxygens (including phenoxy) is 1. The zero-order chi connectivity index (χ0) is 15.8. The summed E-state index contributed by atoms with van der Waals surface area (Å²) in [5, 5.41) is 2.95. The van der Waals surface area contributed by atoms with Gasteiger partial charge in [-0.3, -0.25) is 4.79 Å². The largest absolute Gasteiger partial charge is 0.399 e. The Morgan fingerprint density at radius 2 is 1.91 bits per heavy atom. The molecular weight excluding hydrogens is 276 g/mol. The third-order valence-corrected chi connectivity index (χ3v) is 3.37. The minimum atomic E-state index is -0.0168. The number of rotatable bonds is 7. The van der Waals surface area contributed by atoms with Gasteiger partial charge in [-0.15, -0.1) is 0 Å². The Balaban J connectivity index is 1.91. The van der Waals surface area contributed by atoms with Crippen LogP contribution in [0.15, 0.2) is 48.5 Å². The van der Waals surface area contributed by atoms with Crippen molar-refractivity contribution in [1.82, 2.24) is 5.32 Å². The van der Waals surface area contributed by atoms with E-state index in [0.29, 0.717) is 31.9 Å². The number of carbonyl (C=O) groups excluding carboxylic acids is 1. The second-order valence-corrected chi connectivity index (χ2v) is 5.10. The normalized spacial score (nSPS) is 10.4. The van der Waals surface area contributed by atoms with Crippen LogP contribution in [-0.4, -0.2) is 12.5 Å². The first-order valence-electron chi connectivity index (χ1n) is 7.44. The smallest absolute Gasteiger partial charge is 0.224 e. The number of nitrogens with one attached hydrogen (secondary N) is 1. The van der Waals surface area contributed by atoms with Gasteiger partial charge in [0.15, 0.2) is 0 Å². The molecule has 22 heavy (non-hydrogen) atoms. The number of anilines is 1. The number of hydrogen-bond acceptors (Lipinski definition) is 3. The van der Waals surface area contributed by atoms with Crippen LogP contribution in [0.5, 0.6) is 0 Å². The van der Waals surface area contributed by atoms with Gasteiger partial charge in [-0.1, -0.05) is 36.4 Å². The lowest BCUT2D eigenvalue weighted by Crippen LogP contribution is -2.25. The molecule has 0 spiro atoms. The molecule has 0 aromatic heterocycles. The van der Waals surface area contributed by atoms with Crippen LogP contribution in [0.2, 0.25) is 0 Å². The van der Waals surface area contributed by atoms with E-state index < -0.39 is 0 Å². The van der Waals surface area contributed by atoms with Crippen molar-refractivity contribution in [2.45, 2.75) is 26.5 Å². The molecule has 3 N–H and O–H groups in total. The predicted octanol–water partition coefficient (Wildman–Crippen LogP) is 2.66. The summed E-state index contributed by atoms with van der Waals surface area (Å²) in [6.45, 7) is 3.72. The van der Waals surface area contributed by atoms with Crippen molar-refractivity contribution in [1.29, 1.82) is 0 Å². The van der Waals surface area contributed by atoms with Crippen molar-refractivity contribution < 1.29 is 9.53 Å². The highest BCUT2D eigenvalue weighted by Crippen LogP contribution is 2.11. The summed E-state index contributed by atoms with van der Waals surface area (Å²) in [6, 6.07) is 15.4. The highest BCUT2D eigenvalue weighted by atomic mass is 16.5. The number of carbonyl (C=O) groups is 1. The second kappa shape index (κ2) is 8.20. The van der Waals surface area contributed by atoms with Crippen LogP contribution in [0.1, 0.15) is 23.6 Å². The molecule has 0 unspecified atom stereocenters. The zero-order valence-electron chi connectivity index (χ0n) is 12.8. The molecular formula is C18H22N2O2. The van der Waals surface area contributed by atoms with E-state index >= 15 is 0 Å². The van der Waals surface area contributed by atoms with Crippen molar-refractivity contribution >= 4 is 11.6 Å². The van der Waals surface area contributed by atoms with Gasteiger partial charge in [0.05, 0.1) is 13.0 Å². The van der Waals surface area contributed by atoms with Crippen LogP contribution in [0.25, 0.3) is 0 Å². The maximum absolute atomic E-state index is 12.0. The van der Waals surface area contributed by atoms with Gasteiger partial charge in [-0.2, -0.15) is 0 Å². The summed E-state index contributed by atoms with van der Waals surface area (Å²) in [5.41, 5.74) is 9.50. The van der Waals surface area contributed by atoms with Gasteiger partial charge in [0, 0.05) is 18.8 Å². The molecule has 0 aliphatic carbocycles. The lowest BCUT2D eigenvalue weighted by atomic mass is 10.1. The van der Waals surface area contributed by atoms with Crippen LogP contribution in [0, 0.1) is 0 Å². The highest BCUT2D eigenvalue weighted by Gasteiger charge is 2.06. The number of nitrogen functional groups attached to an aromatic ring is 1. The van der Waals surface area contributed by atoms with Gasteiger partial charge in [0.25, 0.3) is 0 Å². The minimum absolute atomic E-state index is 0.0168. The fraction of sp³-hybridized carbons (Fsp3) is 0.278. The van der Waals surface area contributed by atoms with Crippen molar-refractivity contribution in [2.24, 2.45) is 0 Å². The maximum atomic E-state index is 12.0. The Labute approximate surface area is 131 Å². The minimum Gasteiger partial charge on any atom is -0.399 e. The molecule has 4 heteroatoms. The predicted molar refractivity (Wildman–Crippen MR) is 88.2 cm³/mol. The molecule has 0 aliphatic heterocycles. The van der Waals surface area contributed by atoms with E-state index in [9.17, 15) is 4.79 Å². The van der Waals surface area contributed by atoms with E-state index in [1.54, 1.807) is 0 Å². The Hall–Kier alpha value is -2.33. The van der Waals surface area contributed by atoms with E-state index in [2.05, 4.69) is 5.32 Å². The molecule has 2 rings (SSSR count). The van der Waals surface area contributed by atoms with Gasteiger partial charge < -0.3 is 15.8 Å². The van der Waals surface area contributed by atoms with Gasteiger partial charge in [-0.05, 0) is 35.7 Å². The molecule has 0 fully saturated rings. The Morgan fingerprint density at radius 3 is 2.64 bits per heavy atom. The molecule has 0 bridgehead atoms. The third-order valence-electron chi connectivity index (χ3n) is 3.37. The molecule has 2 aromatic carbocycles. The first kappa shape index (κ1) is 16.0. The Morgan fingerprint density at radius 1 is 1.14 bits per heavy atom. The van der Waals surface area contributed by atoms with E-state index in [-0.39, 0.29) is 5.91 Å². The zero-order valence-corrected chi connectivity index (χ0v) is 12.8. The van der Waals surface area contributed by atoms with Gasteiger partial charge in [-0.25, -0.2) is 0 Å². The summed E-state index contributed by atoms with van der Waals surface area (Å²) in [7, 11) is 0. The molecule has 0 radical (unpaired) electrons. The summed E-state index contributed by atoms with van der Waals surface area (Å²) in [5.74, 6) is -0.0168. The van der Waals surface area contributed by atoms with Crippen LogP contribution >= 0.6 is 0 Å². The van der Waals surface area contributed by atoms with Crippen LogP contribution in [0.4, 0.5) is 5.69 Å². The fourth-order valence-electron chi connectivity index (χ4n) is 2.23. The summed E-state index contributed by atoms with van der Waals surface area (Å²) < 4.78 is 5.45. The average Bonchev–Trinajstić information content (AvgIpc) is 2.51. The Kier molecular flexibility index (Phi) is 5.98. The fourth-order valence-corrected chi connectivity index (χ4v) is 2.23. The van der Waals surface area contributed by atoms with Crippen molar-refractivity contribution in [3.8, 4) is 0 Å². The SMILES string of the molecule is CCOCc1ccccc1CNC(=O)Cc1cccc(N)c1. The van der Waals surface area contributed by atoms with E-state index in [1.807, 2.05) is 55.5 Å². The Bertz CT molecular complexity index is 626. The summed E-state index contributed by atoms with van der Waals surface area (Å²) in [4.78, 5) is 12.0. The van der Waals surface area contributed by atoms with Gasteiger partial charge in [0.2, 0.25) is 5.91 Å². The van der Waals surface area contributed by atoms with E-state index in [1.165, 1.54) is 0 Å². The van der Waals surface area contributed by atoms with Crippen LogP contribution < -0.4 is 11.1 Å². The second-order valence-electron chi connectivity index (χ2n) is 5.10.